The summed E-state index contributed by atoms with van der Waals surface area (Å²) in [5.74, 6) is 0.618. The molecule has 126 valence electrons. The molecule has 2 N–H and O–H groups in total. The predicted molar refractivity (Wildman–Crippen MR) is 90.3 cm³/mol. The van der Waals surface area contributed by atoms with E-state index in [-0.39, 0.29) is 16.8 Å². The van der Waals surface area contributed by atoms with E-state index in [4.69, 9.17) is 4.74 Å². The summed E-state index contributed by atoms with van der Waals surface area (Å²) in [6.07, 6.45) is 4.36. The summed E-state index contributed by atoms with van der Waals surface area (Å²) in [7, 11) is 1.77. The quantitative estimate of drug-likeness (QED) is 0.648. The standard InChI is InChI=1S/C18H26FN3O/c1-17(7-4-10-23-17)12-21-16(20-2)22-13-18(8-9-18)14-5-3-6-15(19)11-14/h3,5-6,11H,4,7-10,12-13H2,1-2H3,(H2,20,21,22). The molecule has 3 rings (SSSR count). The van der Waals surface area contributed by atoms with Gasteiger partial charge in [-0.3, -0.25) is 4.99 Å². The lowest BCUT2D eigenvalue weighted by molar-refractivity contribution is 0.0243. The zero-order valence-corrected chi connectivity index (χ0v) is 14.0. The number of hydrogen-bond donors (Lipinski definition) is 2. The van der Waals surface area contributed by atoms with E-state index in [2.05, 4.69) is 22.5 Å². The molecule has 2 aliphatic rings. The molecule has 1 aliphatic heterocycles. The number of nitrogens with zero attached hydrogens (tertiary/aromatic N) is 1. The van der Waals surface area contributed by atoms with Crippen LogP contribution in [0.1, 0.15) is 38.2 Å². The van der Waals surface area contributed by atoms with Gasteiger partial charge in [-0.1, -0.05) is 12.1 Å². The van der Waals surface area contributed by atoms with Gasteiger partial charge < -0.3 is 15.4 Å². The highest BCUT2D eigenvalue weighted by molar-refractivity contribution is 5.79. The van der Waals surface area contributed by atoms with Crippen molar-refractivity contribution in [3.05, 3.63) is 35.6 Å². The Labute approximate surface area is 137 Å². The fourth-order valence-electron chi connectivity index (χ4n) is 3.26. The van der Waals surface area contributed by atoms with Crippen LogP contribution in [0.25, 0.3) is 0 Å². The molecule has 0 spiro atoms. The number of hydrogen-bond acceptors (Lipinski definition) is 2. The van der Waals surface area contributed by atoms with Crippen molar-refractivity contribution in [2.45, 2.75) is 43.6 Å². The van der Waals surface area contributed by atoms with Crippen LogP contribution in [0.5, 0.6) is 0 Å². The fraction of sp³-hybridized carbons (Fsp3) is 0.611. The van der Waals surface area contributed by atoms with Crippen LogP contribution in [-0.4, -0.2) is 38.3 Å². The van der Waals surface area contributed by atoms with E-state index in [9.17, 15) is 4.39 Å². The second-order valence-corrected chi connectivity index (χ2v) is 6.97. The molecule has 1 aliphatic carbocycles. The maximum atomic E-state index is 13.5. The highest BCUT2D eigenvalue weighted by atomic mass is 19.1. The number of ether oxygens (including phenoxy) is 1. The minimum Gasteiger partial charge on any atom is -0.373 e. The fourth-order valence-corrected chi connectivity index (χ4v) is 3.26. The van der Waals surface area contributed by atoms with E-state index < -0.39 is 0 Å². The molecule has 23 heavy (non-hydrogen) atoms. The molecule has 1 aromatic carbocycles. The summed E-state index contributed by atoms with van der Waals surface area (Å²) < 4.78 is 19.2. The minimum atomic E-state index is -0.164. The lowest BCUT2D eigenvalue weighted by Crippen LogP contribution is -2.47. The van der Waals surface area contributed by atoms with Crippen LogP contribution in [0.2, 0.25) is 0 Å². The third-order valence-corrected chi connectivity index (χ3v) is 5.04. The molecule has 1 saturated carbocycles. The van der Waals surface area contributed by atoms with Crippen LogP contribution in [0.3, 0.4) is 0 Å². The summed E-state index contributed by atoms with van der Waals surface area (Å²) >= 11 is 0. The van der Waals surface area contributed by atoms with E-state index in [1.165, 1.54) is 6.07 Å². The van der Waals surface area contributed by atoms with Gasteiger partial charge in [0.25, 0.3) is 0 Å². The smallest absolute Gasteiger partial charge is 0.191 e. The second kappa shape index (κ2) is 6.48. The van der Waals surface area contributed by atoms with Gasteiger partial charge in [0.1, 0.15) is 5.82 Å². The maximum Gasteiger partial charge on any atom is 0.191 e. The highest BCUT2D eigenvalue weighted by Crippen LogP contribution is 2.47. The molecular weight excluding hydrogens is 293 g/mol. The molecule has 0 radical (unpaired) electrons. The van der Waals surface area contributed by atoms with Crippen LogP contribution >= 0.6 is 0 Å². The van der Waals surface area contributed by atoms with Gasteiger partial charge in [-0.25, -0.2) is 4.39 Å². The Morgan fingerprint density at radius 1 is 1.26 bits per heavy atom. The van der Waals surface area contributed by atoms with Crippen molar-refractivity contribution in [2.24, 2.45) is 4.99 Å². The van der Waals surface area contributed by atoms with Crippen molar-refractivity contribution in [3.63, 3.8) is 0 Å². The molecule has 0 bridgehead atoms. The molecule has 1 saturated heterocycles. The van der Waals surface area contributed by atoms with Crippen molar-refractivity contribution < 1.29 is 9.13 Å². The van der Waals surface area contributed by atoms with Gasteiger partial charge >= 0.3 is 0 Å². The number of nitrogens with one attached hydrogen (secondary N) is 2. The molecule has 2 fully saturated rings. The van der Waals surface area contributed by atoms with Crippen LogP contribution in [0.15, 0.2) is 29.3 Å². The summed E-state index contributed by atoms with van der Waals surface area (Å²) in [6.45, 7) is 4.50. The molecule has 1 unspecified atom stereocenters. The topological polar surface area (TPSA) is 45.7 Å². The average Bonchev–Trinajstić information content (AvgIpc) is 3.22. The Bertz CT molecular complexity index is 577. The van der Waals surface area contributed by atoms with E-state index in [0.717, 1.165) is 56.9 Å². The zero-order chi connectivity index (χ0) is 16.3. The second-order valence-electron chi connectivity index (χ2n) is 6.97. The zero-order valence-electron chi connectivity index (χ0n) is 14.0. The van der Waals surface area contributed by atoms with E-state index in [0.29, 0.717) is 0 Å². The molecule has 1 aromatic rings. The molecule has 0 amide bonds. The first kappa shape index (κ1) is 16.2. The minimum absolute atomic E-state index is 0.0491. The van der Waals surface area contributed by atoms with Gasteiger partial charge in [0.05, 0.1) is 5.60 Å². The van der Waals surface area contributed by atoms with Crippen molar-refractivity contribution in [2.75, 3.05) is 26.7 Å². The summed E-state index contributed by atoms with van der Waals surface area (Å²) in [6, 6.07) is 6.95. The van der Waals surface area contributed by atoms with Gasteiger partial charge in [-0.2, -0.15) is 0 Å². The lowest BCUT2D eigenvalue weighted by Gasteiger charge is -2.25. The van der Waals surface area contributed by atoms with Crippen molar-refractivity contribution >= 4 is 5.96 Å². The first-order chi connectivity index (χ1) is 11.1. The summed E-state index contributed by atoms with van der Waals surface area (Å²) in [5.41, 5.74) is 1.02. The van der Waals surface area contributed by atoms with Crippen molar-refractivity contribution in [1.29, 1.82) is 0 Å². The number of benzene rings is 1. The summed E-state index contributed by atoms with van der Waals surface area (Å²) in [5, 5.41) is 6.75. The summed E-state index contributed by atoms with van der Waals surface area (Å²) in [4.78, 5) is 4.29. The van der Waals surface area contributed by atoms with Gasteiger partial charge in [-0.05, 0) is 50.3 Å². The molecule has 1 atom stereocenters. The Hall–Kier alpha value is -1.62. The normalized spacial score (nSPS) is 26.1. The van der Waals surface area contributed by atoms with Gasteiger partial charge in [0.2, 0.25) is 0 Å². The largest absolute Gasteiger partial charge is 0.373 e. The monoisotopic (exact) mass is 319 g/mol. The van der Waals surface area contributed by atoms with E-state index in [1.54, 1.807) is 19.2 Å². The third kappa shape index (κ3) is 3.83. The van der Waals surface area contributed by atoms with Gasteiger partial charge in [0, 0.05) is 32.2 Å². The van der Waals surface area contributed by atoms with Crippen molar-refractivity contribution in [1.82, 2.24) is 10.6 Å². The Morgan fingerprint density at radius 3 is 2.65 bits per heavy atom. The molecule has 1 heterocycles. The van der Waals surface area contributed by atoms with E-state index in [1.807, 2.05) is 6.07 Å². The molecule has 0 aromatic heterocycles. The van der Waals surface area contributed by atoms with Crippen LogP contribution in [0, 0.1) is 5.82 Å². The van der Waals surface area contributed by atoms with Gasteiger partial charge in [-0.15, -0.1) is 0 Å². The number of aliphatic imine (C=N–C) groups is 1. The van der Waals surface area contributed by atoms with Gasteiger partial charge in [0.15, 0.2) is 5.96 Å². The highest BCUT2D eigenvalue weighted by Gasteiger charge is 2.44. The SMILES string of the molecule is CN=C(NCC1(C)CCCO1)NCC1(c2cccc(F)c2)CC1. The molecular formula is C18H26FN3O. The maximum absolute atomic E-state index is 13.5. The number of guanidine groups is 1. The van der Waals surface area contributed by atoms with Crippen LogP contribution in [-0.2, 0) is 10.2 Å². The first-order valence-electron chi connectivity index (χ1n) is 8.40. The van der Waals surface area contributed by atoms with Crippen LogP contribution in [0.4, 0.5) is 4.39 Å². The Balaban J connectivity index is 1.54. The number of rotatable bonds is 5. The van der Waals surface area contributed by atoms with Crippen LogP contribution < -0.4 is 10.6 Å². The number of halogens is 1. The average molecular weight is 319 g/mol. The lowest BCUT2D eigenvalue weighted by atomic mass is 9.96. The molecule has 5 heteroatoms. The Morgan fingerprint density at radius 2 is 2.04 bits per heavy atom. The first-order valence-corrected chi connectivity index (χ1v) is 8.40. The predicted octanol–water partition coefficient (Wildman–Crippen LogP) is 2.59. The van der Waals surface area contributed by atoms with Crippen molar-refractivity contribution in [3.8, 4) is 0 Å². The Kier molecular flexibility index (Phi) is 4.57. The van der Waals surface area contributed by atoms with E-state index >= 15 is 0 Å². The third-order valence-electron chi connectivity index (χ3n) is 5.04. The molecule has 4 nitrogen and oxygen atoms in total.